The van der Waals surface area contributed by atoms with E-state index in [2.05, 4.69) is 9.98 Å². The number of halogens is 1. The van der Waals surface area contributed by atoms with Gasteiger partial charge in [0.25, 0.3) is 0 Å². The Morgan fingerprint density at radius 2 is 1.93 bits per heavy atom. The van der Waals surface area contributed by atoms with Gasteiger partial charge in [-0.25, -0.2) is 17.8 Å². The van der Waals surface area contributed by atoms with E-state index in [0.717, 1.165) is 5.69 Å². The fourth-order valence-electron chi connectivity index (χ4n) is 3.55. The molecular formula is C20H23FN6O2S. The lowest BCUT2D eigenvalue weighted by Gasteiger charge is -2.32. The molecule has 3 heterocycles. The van der Waals surface area contributed by atoms with E-state index < -0.39 is 21.9 Å². The summed E-state index contributed by atoms with van der Waals surface area (Å²) < 4.78 is 42.2. The van der Waals surface area contributed by atoms with E-state index in [1.807, 2.05) is 22.9 Å². The third-order valence-electron chi connectivity index (χ3n) is 5.26. The zero-order valence-electron chi connectivity index (χ0n) is 16.5. The first-order valence-corrected chi connectivity index (χ1v) is 11.0. The molecule has 4 rings (SSSR count). The molecule has 0 amide bonds. The summed E-state index contributed by atoms with van der Waals surface area (Å²) in [5.74, 6) is -0.474. The maximum absolute atomic E-state index is 15.0. The number of aliphatic imine (C=N–C) groups is 1. The number of benzene rings is 1. The molecule has 1 fully saturated rings. The Balaban J connectivity index is 1.65. The monoisotopic (exact) mass is 430 g/mol. The summed E-state index contributed by atoms with van der Waals surface area (Å²) in [6.07, 6.45) is 6.57. The third kappa shape index (κ3) is 3.93. The summed E-state index contributed by atoms with van der Waals surface area (Å²) in [5, 5.41) is 0. The summed E-state index contributed by atoms with van der Waals surface area (Å²) in [5.41, 5.74) is 7.16. The van der Waals surface area contributed by atoms with E-state index in [0.29, 0.717) is 37.6 Å². The van der Waals surface area contributed by atoms with Crippen molar-refractivity contribution in [2.75, 3.05) is 38.1 Å². The molecule has 158 valence electrons. The summed E-state index contributed by atoms with van der Waals surface area (Å²) in [7, 11) is -1.96. The van der Waals surface area contributed by atoms with Gasteiger partial charge >= 0.3 is 0 Å². The number of sulfonamides is 1. The van der Waals surface area contributed by atoms with E-state index >= 15 is 4.39 Å². The molecule has 2 aliphatic heterocycles. The molecule has 1 unspecified atom stereocenters. The van der Waals surface area contributed by atoms with Gasteiger partial charge in [0, 0.05) is 44.8 Å². The van der Waals surface area contributed by atoms with Crippen LogP contribution in [0.4, 0.5) is 10.1 Å². The lowest BCUT2D eigenvalue weighted by atomic mass is 10.0. The summed E-state index contributed by atoms with van der Waals surface area (Å²) in [4.78, 5) is 11.8. The molecule has 0 spiro atoms. The molecule has 1 saturated heterocycles. The third-order valence-corrected chi connectivity index (χ3v) is 7.19. The van der Waals surface area contributed by atoms with Gasteiger partial charge in [0.15, 0.2) is 0 Å². The Labute approximate surface area is 175 Å². The van der Waals surface area contributed by atoms with Gasteiger partial charge in [-0.2, -0.15) is 4.31 Å². The van der Waals surface area contributed by atoms with Gasteiger partial charge in [-0.1, -0.05) is 6.07 Å². The van der Waals surface area contributed by atoms with Crippen molar-refractivity contribution < 1.29 is 12.8 Å². The van der Waals surface area contributed by atoms with Crippen molar-refractivity contribution in [3.05, 3.63) is 66.1 Å². The van der Waals surface area contributed by atoms with Crippen molar-refractivity contribution in [2.45, 2.75) is 10.9 Å². The van der Waals surface area contributed by atoms with E-state index in [1.165, 1.54) is 16.4 Å². The van der Waals surface area contributed by atoms with Gasteiger partial charge in [0.05, 0.1) is 17.9 Å². The smallest absolute Gasteiger partial charge is 0.246 e. The zero-order chi connectivity index (χ0) is 21.3. The Morgan fingerprint density at radius 1 is 1.17 bits per heavy atom. The molecule has 1 aromatic carbocycles. The maximum Gasteiger partial charge on any atom is 0.246 e. The Bertz CT molecular complexity index is 1080. The van der Waals surface area contributed by atoms with Gasteiger partial charge in [-0.3, -0.25) is 4.98 Å². The molecule has 2 N–H and O–H groups in total. The standard InChI is InChI=1S/C20H23FN6O2S/c1-25-7-9-26(10-8-25)30(28,29)19-5-4-15(11-17(19)21)18-13-24-20(22)14-27(18)16-3-2-6-23-12-16/h2-6,11-14,18H,7-10,22H2,1H3. The maximum atomic E-state index is 15.0. The molecule has 0 radical (unpaired) electrons. The molecule has 0 aliphatic carbocycles. The summed E-state index contributed by atoms with van der Waals surface area (Å²) >= 11 is 0. The van der Waals surface area contributed by atoms with Crippen LogP contribution >= 0.6 is 0 Å². The van der Waals surface area contributed by atoms with Crippen molar-refractivity contribution in [1.29, 1.82) is 0 Å². The summed E-state index contributed by atoms with van der Waals surface area (Å²) in [6, 6.07) is 7.38. The Morgan fingerprint density at radius 3 is 2.60 bits per heavy atom. The number of piperazine rings is 1. The highest BCUT2D eigenvalue weighted by molar-refractivity contribution is 7.89. The van der Waals surface area contributed by atoms with Crippen molar-refractivity contribution >= 4 is 21.9 Å². The molecule has 2 aromatic rings. The number of nitrogens with zero attached hydrogens (tertiary/aromatic N) is 5. The minimum absolute atomic E-state index is 0.310. The van der Waals surface area contributed by atoms with Crippen LogP contribution < -0.4 is 10.6 Å². The number of nitrogens with two attached hydrogens (primary N) is 1. The molecule has 0 bridgehead atoms. The van der Waals surface area contributed by atoms with Crippen molar-refractivity contribution in [3.8, 4) is 0 Å². The molecule has 30 heavy (non-hydrogen) atoms. The van der Waals surface area contributed by atoms with Gasteiger partial charge in [-0.15, -0.1) is 0 Å². The average molecular weight is 431 g/mol. The first-order valence-electron chi connectivity index (χ1n) is 9.54. The lowest BCUT2D eigenvalue weighted by molar-refractivity contribution is 0.222. The van der Waals surface area contributed by atoms with Gasteiger partial charge < -0.3 is 15.5 Å². The zero-order valence-corrected chi connectivity index (χ0v) is 17.3. The largest absolute Gasteiger partial charge is 0.382 e. The number of anilines is 1. The second kappa shape index (κ2) is 8.13. The lowest BCUT2D eigenvalue weighted by Crippen LogP contribution is -2.47. The second-order valence-corrected chi connectivity index (χ2v) is 9.20. The second-order valence-electron chi connectivity index (χ2n) is 7.29. The van der Waals surface area contributed by atoms with E-state index in [1.54, 1.807) is 36.9 Å². The summed E-state index contributed by atoms with van der Waals surface area (Å²) in [6.45, 7) is 1.92. The van der Waals surface area contributed by atoms with E-state index in [4.69, 9.17) is 5.73 Å². The number of hydrogen-bond donors (Lipinski definition) is 1. The molecule has 10 heteroatoms. The van der Waals surface area contributed by atoms with E-state index in [9.17, 15) is 8.42 Å². The highest BCUT2D eigenvalue weighted by Gasteiger charge is 2.31. The molecule has 8 nitrogen and oxygen atoms in total. The number of likely N-dealkylation sites (N-methyl/N-ethyl adjacent to an activating group) is 1. The topological polar surface area (TPSA) is 95.1 Å². The first kappa shape index (κ1) is 20.5. The quantitative estimate of drug-likeness (QED) is 0.791. The van der Waals surface area contributed by atoms with E-state index in [-0.39, 0.29) is 4.90 Å². The van der Waals surface area contributed by atoms with Crippen LogP contribution in [-0.2, 0) is 10.0 Å². The van der Waals surface area contributed by atoms with Crippen LogP contribution in [0, 0.1) is 5.82 Å². The molecule has 2 aliphatic rings. The van der Waals surface area contributed by atoms with Gasteiger partial charge in [0.1, 0.15) is 16.5 Å². The van der Waals surface area contributed by atoms with Crippen LogP contribution in [0.15, 0.2) is 64.6 Å². The highest BCUT2D eigenvalue weighted by atomic mass is 32.2. The Kier molecular flexibility index (Phi) is 5.54. The van der Waals surface area contributed by atoms with Crippen LogP contribution in [-0.4, -0.2) is 62.0 Å². The number of hydrogen-bond acceptors (Lipinski definition) is 7. The highest BCUT2D eigenvalue weighted by Crippen LogP contribution is 2.31. The Hall–Kier alpha value is -2.82. The fourth-order valence-corrected chi connectivity index (χ4v) is 5.02. The molecule has 1 atom stereocenters. The predicted molar refractivity (Wildman–Crippen MR) is 113 cm³/mol. The molecule has 1 aromatic heterocycles. The van der Waals surface area contributed by atoms with Crippen molar-refractivity contribution in [1.82, 2.24) is 14.2 Å². The SMILES string of the molecule is CN1CCN(S(=O)(=O)c2ccc(C3C=NC(N)=CN3c3cccnc3)cc2F)CC1. The van der Waals surface area contributed by atoms with Crippen molar-refractivity contribution in [2.24, 2.45) is 10.7 Å². The van der Waals surface area contributed by atoms with Crippen LogP contribution in [0.3, 0.4) is 0 Å². The molecule has 0 saturated carbocycles. The van der Waals surface area contributed by atoms with Crippen LogP contribution in [0.1, 0.15) is 11.6 Å². The number of aromatic nitrogens is 1. The van der Waals surface area contributed by atoms with Crippen molar-refractivity contribution in [3.63, 3.8) is 0 Å². The fraction of sp³-hybridized carbons (Fsp3) is 0.300. The van der Waals surface area contributed by atoms with Crippen LogP contribution in [0.2, 0.25) is 0 Å². The predicted octanol–water partition coefficient (Wildman–Crippen LogP) is 1.55. The normalized spacial score (nSPS) is 20.9. The number of pyridine rings is 1. The van der Waals surface area contributed by atoms with Gasteiger partial charge in [-0.05, 0) is 36.9 Å². The van der Waals surface area contributed by atoms with Crippen LogP contribution in [0.5, 0.6) is 0 Å². The minimum atomic E-state index is -3.90. The van der Waals surface area contributed by atoms with Gasteiger partial charge in [0.2, 0.25) is 10.0 Å². The molecular weight excluding hydrogens is 407 g/mol. The average Bonchev–Trinajstić information content (AvgIpc) is 2.74. The minimum Gasteiger partial charge on any atom is -0.382 e. The first-order chi connectivity index (χ1) is 14.4. The van der Waals surface area contributed by atoms with Crippen LogP contribution in [0.25, 0.3) is 0 Å². The number of rotatable bonds is 4.